The highest BCUT2D eigenvalue weighted by Crippen LogP contribution is 2.26. The fourth-order valence-electron chi connectivity index (χ4n) is 1.79. The quantitative estimate of drug-likeness (QED) is 0.741. The average Bonchev–Trinajstić information content (AvgIpc) is 2.94. The van der Waals surface area contributed by atoms with E-state index in [2.05, 4.69) is 31.8 Å². The topological polar surface area (TPSA) is 103 Å². The van der Waals surface area contributed by atoms with Crippen LogP contribution in [0.2, 0.25) is 0 Å². The summed E-state index contributed by atoms with van der Waals surface area (Å²) < 4.78 is 9.99. The molecule has 7 heteroatoms. The van der Waals surface area contributed by atoms with Gasteiger partial charge < -0.3 is 15.5 Å². The van der Waals surface area contributed by atoms with Gasteiger partial charge in [0.05, 0.1) is 11.4 Å². The van der Waals surface area contributed by atoms with E-state index in [1.54, 1.807) is 6.92 Å². The van der Waals surface area contributed by atoms with E-state index in [9.17, 15) is 0 Å². The zero-order valence-corrected chi connectivity index (χ0v) is 10.2. The first-order valence-corrected chi connectivity index (χ1v) is 5.55. The highest BCUT2D eigenvalue weighted by atomic mass is 16.6. The molecule has 1 aromatic carbocycles. The third-order valence-corrected chi connectivity index (χ3v) is 2.61. The smallest absolute Gasteiger partial charge is 0.197 e. The molecule has 0 aliphatic carbocycles. The summed E-state index contributed by atoms with van der Waals surface area (Å²) in [5, 5.41) is 10.3. The lowest BCUT2D eigenvalue weighted by Gasteiger charge is -2.06. The Morgan fingerprint density at radius 1 is 1.37 bits per heavy atom. The Labute approximate surface area is 108 Å². The molecule has 0 radical (unpaired) electrons. The van der Waals surface area contributed by atoms with E-state index in [1.165, 1.54) is 0 Å². The number of nitrogens with one attached hydrogen (secondary N) is 1. The summed E-state index contributed by atoms with van der Waals surface area (Å²) in [4.78, 5) is 4.31. The number of fused-ring (bicyclic) bond motifs is 1. The summed E-state index contributed by atoms with van der Waals surface area (Å²) in [7, 11) is 0. The number of hydrogen-bond donors (Lipinski definition) is 2. The number of benzene rings is 1. The lowest BCUT2D eigenvalue weighted by molar-refractivity contribution is 0.308. The van der Waals surface area contributed by atoms with Crippen molar-refractivity contribution < 1.29 is 9.05 Å². The first kappa shape index (κ1) is 11.3. The minimum absolute atomic E-state index is 0.181. The number of nitrogens with two attached hydrogens (primary N) is 1. The van der Waals surface area contributed by atoms with Gasteiger partial charge in [-0.1, -0.05) is 12.6 Å². The van der Waals surface area contributed by atoms with Crippen LogP contribution in [0.3, 0.4) is 0 Å². The molecule has 0 saturated heterocycles. The summed E-state index contributed by atoms with van der Waals surface area (Å²) >= 11 is 0. The third-order valence-electron chi connectivity index (χ3n) is 2.61. The molecule has 19 heavy (non-hydrogen) atoms. The normalized spacial score (nSPS) is 10.8. The van der Waals surface area contributed by atoms with Gasteiger partial charge in [-0.3, -0.25) is 0 Å². The van der Waals surface area contributed by atoms with Crippen molar-refractivity contribution in [1.29, 1.82) is 0 Å². The number of nitrogen functional groups attached to an aromatic ring is 1. The Kier molecular flexibility index (Phi) is 2.45. The van der Waals surface area contributed by atoms with Gasteiger partial charge in [0.15, 0.2) is 23.0 Å². The molecule has 2 aromatic heterocycles. The fourth-order valence-corrected chi connectivity index (χ4v) is 1.79. The predicted octanol–water partition coefficient (Wildman–Crippen LogP) is 2.18. The second-order valence-corrected chi connectivity index (χ2v) is 3.99. The molecular formula is C12H11N5O2. The van der Waals surface area contributed by atoms with Crippen molar-refractivity contribution in [2.75, 3.05) is 11.1 Å². The van der Waals surface area contributed by atoms with Gasteiger partial charge in [-0.2, -0.15) is 0 Å². The van der Waals surface area contributed by atoms with Crippen LogP contribution in [-0.4, -0.2) is 15.3 Å². The van der Waals surface area contributed by atoms with E-state index in [-0.39, 0.29) is 5.82 Å². The van der Waals surface area contributed by atoms with Crippen LogP contribution in [0.15, 0.2) is 33.8 Å². The van der Waals surface area contributed by atoms with Gasteiger partial charge in [0.2, 0.25) is 0 Å². The molecule has 0 aliphatic heterocycles. The third kappa shape index (κ3) is 1.90. The highest BCUT2D eigenvalue weighted by Gasteiger charge is 2.13. The zero-order chi connectivity index (χ0) is 13.4. The molecule has 96 valence electrons. The first-order valence-electron chi connectivity index (χ1n) is 5.55. The van der Waals surface area contributed by atoms with E-state index in [1.807, 2.05) is 18.2 Å². The summed E-state index contributed by atoms with van der Waals surface area (Å²) in [6, 6.07) is 5.56. The van der Waals surface area contributed by atoms with Crippen LogP contribution in [0.4, 0.5) is 11.5 Å². The number of nitrogens with zero attached hydrogens (tertiary/aromatic N) is 3. The van der Waals surface area contributed by atoms with Gasteiger partial charge in [-0.25, -0.2) is 9.61 Å². The summed E-state index contributed by atoms with van der Waals surface area (Å²) in [6.45, 7) is 5.64. The summed E-state index contributed by atoms with van der Waals surface area (Å²) in [5.74, 6) is 0.776. The van der Waals surface area contributed by atoms with Crippen molar-refractivity contribution in [3.05, 3.63) is 36.4 Å². The van der Waals surface area contributed by atoms with Crippen molar-refractivity contribution in [3.63, 3.8) is 0 Å². The molecule has 3 N–H and O–H groups in total. The van der Waals surface area contributed by atoms with Gasteiger partial charge in [0.25, 0.3) is 0 Å². The van der Waals surface area contributed by atoms with Crippen LogP contribution in [-0.2, 0) is 0 Å². The van der Waals surface area contributed by atoms with E-state index >= 15 is 0 Å². The van der Waals surface area contributed by atoms with E-state index < -0.39 is 0 Å². The Balaban J connectivity index is 1.98. The van der Waals surface area contributed by atoms with Gasteiger partial charge in [-0.05, 0) is 22.4 Å². The largest absolute Gasteiger partial charge is 0.441 e. The molecule has 0 unspecified atom stereocenters. The standard InChI is InChI=1S/C12H11N5O2/c1-6(10-12(13)17-19-16-10)14-8-4-3-5-9-11(8)15-7(2)18-9/h3-5,14H,1H2,2H3,(H2,13,17). The number of hydrogen-bond acceptors (Lipinski definition) is 7. The molecule has 2 heterocycles. The van der Waals surface area contributed by atoms with Crippen molar-refractivity contribution >= 4 is 28.3 Å². The van der Waals surface area contributed by atoms with Crippen molar-refractivity contribution in [2.24, 2.45) is 0 Å². The molecule has 0 spiro atoms. The minimum atomic E-state index is 0.181. The van der Waals surface area contributed by atoms with E-state index in [4.69, 9.17) is 10.2 Å². The maximum absolute atomic E-state index is 5.61. The van der Waals surface area contributed by atoms with Crippen molar-refractivity contribution in [3.8, 4) is 0 Å². The fraction of sp³-hybridized carbons (Fsp3) is 0.0833. The second kappa shape index (κ2) is 4.13. The Hall–Kier alpha value is -2.83. The summed E-state index contributed by atoms with van der Waals surface area (Å²) in [6.07, 6.45) is 0. The highest BCUT2D eigenvalue weighted by molar-refractivity contribution is 5.92. The molecule has 0 amide bonds. The van der Waals surface area contributed by atoms with E-state index in [0.29, 0.717) is 22.9 Å². The second-order valence-electron chi connectivity index (χ2n) is 3.99. The lowest BCUT2D eigenvalue weighted by Crippen LogP contribution is -2.01. The van der Waals surface area contributed by atoms with Crippen LogP contribution in [0.5, 0.6) is 0 Å². The molecular weight excluding hydrogens is 246 g/mol. The Bertz CT molecular complexity index is 758. The van der Waals surface area contributed by atoms with Crippen LogP contribution in [0.1, 0.15) is 11.6 Å². The molecule has 3 aromatic rings. The molecule has 0 saturated carbocycles. The predicted molar refractivity (Wildman–Crippen MR) is 70.1 cm³/mol. The molecule has 0 aliphatic rings. The number of aromatic nitrogens is 3. The van der Waals surface area contributed by atoms with Crippen LogP contribution in [0.25, 0.3) is 16.8 Å². The summed E-state index contributed by atoms with van der Waals surface area (Å²) in [5.41, 5.74) is 8.63. The average molecular weight is 257 g/mol. The molecule has 0 atom stereocenters. The number of para-hydroxylation sites is 1. The maximum Gasteiger partial charge on any atom is 0.197 e. The molecule has 0 bridgehead atoms. The van der Waals surface area contributed by atoms with Gasteiger partial charge in [0, 0.05) is 6.92 Å². The van der Waals surface area contributed by atoms with Gasteiger partial charge in [0.1, 0.15) is 5.52 Å². The monoisotopic (exact) mass is 257 g/mol. The number of oxazole rings is 1. The van der Waals surface area contributed by atoms with Gasteiger partial charge >= 0.3 is 0 Å². The number of rotatable bonds is 3. The van der Waals surface area contributed by atoms with Gasteiger partial charge in [-0.15, -0.1) is 0 Å². The molecule has 0 fully saturated rings. The Morgan fingerprint density at radius 3 is 2.95 bits per heavy atom. The zero-order valence-electron chi connectivity index (χ0n) is 10.2. The maximum atomic E-state index is 5.61. The molecule has 3 rings (SSSR count). The van der Waals surface area contributed by atoms with Crippen molar-refractivity contribution in [1.82, 2.24) is 15.3 Å². The lowest BCUT2D eigenvalue weighted by atomic mass is 10.2. The van der Waals surface area contributed by atoms with Crippen LogP contribution in [0, 0.1) is 6.92 Å². The van der Waals surface area contributed by atoms with Crippen LogP contribution >= 0.6 is 0 Å². The number of anilines is 2. The van der Waals surface area contributed by atoms with Crippen molar-refractivity contribution in [2.45, 2.75) is 6.92 Å². The number of aryl methyl sites for hydroxylation is 1. The minimum Gasteiger partial charge on any atom is -0.441 e. The Morgan fingerprint density at radius 2 is 2.21 bits per heavy atom. The SMILES string of the molecule is C=C(Nc1cccc2oc(C)nc12)c1nonc1N. The first-order chi connectivity index (χ1) is 9.15. The van der Waals surface area contributed by atoms with Crippen LogP contribution < -0.4 is 11.1 Å². The van der Waals surface area contributed by atoms with E-state index in [0.717, 1.165) is 11.2 Å². The molecule has 7 nitrogen and oxygen atoms in total.